The molecule has 2 amide bonds. The second-order valence-electron chi connectivity index (χ2n) is 4.68. The molecular formula is C17H19FN2O2. The Hall–Kier alpha value is -2.56. The van der Waals surface area contributed by atoms with E-state index in [1.165, 1.54) is 6.07 Å². The molecule has 0 fully saturated rings. The molecule has 4 nitrogen and oxygen atoms in total. The van der Waals surface area contributed by atoms with Crippen LogP contribution in [-0.2, 0) is 6.42 Å². The van der Waals surface area contributed by atoms with Crippen LogP contribution in [0.5, 0.6) is 5.75 Å². The highest BCUT2D eigenvalue weighted by atomic mass is 19.1. The molecule has 0 spiro atoms. The molecule has 2 N–H and O–H groups in total. The highest BCUT2D eigenvalue weighted by Gasteiger charge is 2.04. The van der Waals surface area contributed by atoms with Gasteiger partial charge >= 0.3 is 6.03 Å². The first-order valence-corrected chi connectivity index (χ1v) is 7.20. The van der Waals surface area contributed by atoms with Crippen LogP contribution in [0.1, 0.15) is 12.5 Å². The summed E-state index contributed by atoms with van der Waals surface area (Å²) in [6.45, 7) is 2.88. The molecule has 0 aromatic heterocycles. The Bertz CT molecular complexity index is 614. The summed E-state index contributed by atoms with van der Waals surface area (Å²) < 4.78 is 18.7. The Kier molecular flexibility index (Phi) is 5.77. The first-order valence-electron chi connectivity index (χ1n) is 7.20. The number of benzene rings is 2. The average molecular weight is 302 g/mol. The van der Waals surface area contributed by atoms with Crippen LogP contribution in [0.25, 0.3) is 0 Å². The van der Waals surface area contributed by atoms with Crippen LogP contribution in [0.4, 0.5) is 14.9 Å². The van der Waals surface area contributed by atoms with Crippen LogP contribution in [-0.4, -0.2) is 19.2 Å². The normalized spacial score (nSPS) is 10.1. The number of hydrogen-bond acceptors (Lipinski definition) is 2. The van der Waals surface area contributed by atoms with E-state index in [1.807, 2.05) is 6.92 Å². The smallest absolute Gasteiger partial charge is 0.319 e. The molecule has 0 bridgehead atoms. The van der Waals surface area contributed by atoms with Crippen molar-refractivity contribution in [3.8, 4) is 5.75 Å². The van der Waals surface area contributed by atoms with Crippen molar-refractivity contribution in [2.75, 3.05) is 18.5 Å². The summed E-state index contributed by atoms with van der Waals surface area (Å²) >= 11 is 0. The molecule has 5 heteroatoms. The summed E-state index contributed by atoms with van der Waals surface area (Å²) in [5.74, 6) is 0.504. The van der Waals surface area contributed by atoms with Gasteiger partial charge in [-0.1, -0.05) is 18.2 Å². The predicted octanol–water partition coefficient (Wildman–Crippen LogP) is 3.59. The van der Waals surface area contributed by atoms with Crippen molar-refractivity contribution >= 4 is 11.7 Å². The van der Waals surface area contributed by atoms with Gasteiger partial charge in [0.2, 0.25) is 0 Å². The Morgan fingerprint density at radius 1 is 1.14 bits per heavy atom. The Balaban J connectivity index is 1.77. The Morgan fingerprint density at radius 2 is 1.86 bits per heavy atom. The fourth-order valence-corrected chi connectivity index (χ4v) is 1.99. The van der Waals surface area contributed by atoms with Gasteiger partial charge in [0.1, 0.15) is 11.6 Å². The van der Waals surface area contributed by atoms with Crippen molar-refractivity contribution in [3.63, 3.8) is 0 Å². The second kappa shape index (κ2) is 8.02. The highest BCUT2D eigenvalue weighted by Crippen LogP contribution is 2.15. The summed E-state index contributed by atoms with van der Waals surface area (Å²) in [6, 6.07) is 13.3. The van der Waals surface area contributed by atoms with Gasteiger partial charge in [-0.3, -0.25) is 0 Å². The third-order valence-electron chi connectivity index (χ3n) is 3.06. The molecule has 2 rings (SSSR count). The summed E-state index contributed by atoms with van der Waals surface area (Å²) in [6.07, 6.45) is 0.448. The Morgan fingerprint density at radius 3 is 2.55 bits per heavy atom. The average Bonchev–Trinajstić information content (AvgIpc) is 2.51. The van der Waals surface area contributed by atoms with E-state index in [9.17, 15) is 9.18 Å². The molecule has 0 aliphatic heterocycles. The van der Waals surface area contributed by atoms with Crippen molar-refractivity contribution < 1.29 is 13.9 Å². The fraction of sp³-hybridized carbons (Fsp3) is 0.235. The van der Waals surface area contributed by atoms with Gasteiger partial charge in [0, 0.05) is 12.2 Å². The molecule has 2 aromatic rings. The standard InChI is InChI=1S/C17H19FN2O2/c1-2-22-15-9-7-14(8-10-15)20-17(21)19-12-11-13-5-3-4-6-16(13)18/h3-10H,2,11-12H2,1H3,(H2,19,20,21). The third-order valence-corrected chi connectivity index (χ3v) is 3.06. The first-order chi connectivity index (χ1) is 10.7. The van der Waals surface area contributed by atoms with Gasteiger partial charge in [-0.05, 0) is 49.2 Å². The molecule has 0 radical (unpaired) electrons. The monoisotopic (exact) mass is 302 g/mol. The van der Waals surface area contributed by atoms with Crippen LogP contribution in [0.3, 0.4) is 0 Å². The molecule has 0 saturated heterocycles. The number of hydrogen-bond donors (Lipinski definition) is 2. The van der Waals surface area contributed by atoms with Crippen LogP contribution in [0.2, 0.25) is 0 Å². The number of anilines is 1. The third kappa shape index (κ3) is 4.77. The molecule has 22 heavy (non-hydrogen) atoms. The number of ether oxygens (including phenoxy) is 1. The summed E-state index contributed by atoms with van der Waals surface area (Å²) in [4.78, 5) is 11.8. The van der Waals surface area contributed by atoms with Crippen molar-refractivity contribution in [1.82, 2.24) is 5.32 Å². The SMILES string of the molecule is CCOc1ccc(NC(=O)NCCc2ccccc2F)cc1. The molecule has 0 heterocycles. The number of urea groups is 1. The molecule has 0 saturated carbocycles. The van der Waals surface area contributed by atoms with Gasteiger partial charge in [-0.25, -0.2) is 9.18 Å². The summed E-state index contributed by atoms with van der Waals surface area (Å²) in [5.41, 5.74) is 1.26. The zero-order valence-electron chi connectivity index (χ0n) is 12.4. The van der Waals surface area contributed by atoms with E-state index < -0.39 is 0 Å². The van der Waals surface area contributed by atoms with E-state index in [4.69, 9.17) is 4.74 Å². The number of nitrogens with one attached hydrogen (secondary N) is 2. The minimum absolute atomic E-state index is 0.253. The van der Waals surface area contributed by atoms with E-state index in [2.05, 4.69) is 10.6 Å². The van der Waals surface area contributed by atoms with E-state index in [0.717, 1.165) is 5.75 Å². The number of halogens is 1. The van der Waals surface area contributed by atoms with Crippen LogP contribution >= 0.6 is 0 Å². The van der Waals surface area contributed by atoms with Crippen LogP contribution in [0.15, 0.2) is 48.5 Å². The number of carbonyl (C=O) groups is 1. The fourth-order valence-electron chi connectivity index (χ4n) is 1.99. The summed E-state index contributed by atoms with van der Waals surface area (Å²) in [7, 11) is 0. The van der Waals surface area contributed by atoms with Gasteiger partial charge in [0.25, 0.3) is 0 Å². The number of carbonyl (C=O) groups excluding carboxylic acids is 1. The van der Waals surface area contributed by atoms with Crippen molar-refractivity contribution in [1.29, 1.82) is 0 Å². The van der Waals surface area contributed by atoms with Crippen LogP contribution in [0, 0.1) is 5.82 Å². The molecule has 2 aromatic carbocycles. The summed E-state index contributed by atoms with van der Waals surface area (Å²) in [5, 5.41) is 5.41. The zero-order chi connectivity index (χ0) is 15.8. The van der Waals surface area contributed by atoms with Crippen molar-refractivity contribution in [2.24, 2.45) is 0 Å². The maximum Gasteiger partial charge on any atom is 0.319 e. The lowest BCUT2D eigenvalue weighted by Gasteiger charge is -2.09. The molecule has 116 valence electrons. The quantitative estimate of drug-likeness (QED) is 0.856. The lowest BCUT2D eigenvalue weighted by Crippen LogP contribution is -2.30. The maximum atomic E-state index is 13.4. The number of rotatable bonds is 6. The van der Waals surface area contributed by atoms with Gasteiger partial charge in [-0.15, -0.1) is 0 Å². The lowest BCUT2D eigenvalue weighted by molar-refractivity contribution is 0.252. The minimum Gasteiger partial charge on any atom is -0.494 e. The lowest BCUT2D eigenvalue weighted by atomic mass is 10.1. The van der Waals surface area contributed by atoms with Crippen LogP contribution < -0.4 is 15.4 Å². The Labute approximate surface area is 129 Å². The topological polar surface area (TPSA) is 50.4 Å². The van der Waals surface area contributed by atoms with E-state index in [0.29, 0.717) is 30.8 Å². The van der Waals surface area contributed by atoms with E-state index in [-0.39, 0.29) is 11.8 Å². The molecule has 0 aliphatic rings. The molecule has 0 unspecified atom stereocenters. The van der Waals surface area contributed by atoms with E-state index in [1.54, 1.807) is 42.5 Å². The minimum atomic E-state index is -0.319. The molecule has 0 atom stereocenters. The predicted molar refractivity (Wildman–Crippen MR) is 84.7 cm³/mol. The van der Waals surface area contributed by atoms with Gasteiger partial charge in [0.05, 0.1) is 6.61 Å². The number of amides is 2. The maximum absolute atomic E-state index is 13.4. The van der Waals surface area contributed by atoms with Gasteiger partial charge in [0.15, 0.2) is 0 Å². The van der Waals surface area contributed by atoms with Crippen molar-refractivity contribution in [2.45, 2.75) is 13.3 Å². The zero-order valence-corrected chi connectivity index (χ0v) is 12.4. The largest absolute Gasteiger partial charge is 0.494 e. The van der Waals surface area contributed by atoms with Crippen molar-refractivity contribution in [3.05, 3.63) is 59.9 Å². The van der Waals surface area contributed by atoms with E-state index >= 15 is 0 Å². The molecular weight excluding hydrogens is 283 g/mol. The first kappa shape index (κ1) is 15.8. The van der Waals surface area contributed by atoms with Gasteiger partial charge in [-0.2, -0.15) is 0 Å². The second-order valence-corrected chi connectivity index (χ2v) is 4.68. The molecule has 0 aliphatic carbocycles. The van der Waals surface area contributed by atoms with Gasteiger partial charge < -0.3 is 15.4 Å². The highest BCUT2D eigenvalue weighted by molar-refractivity contribution is 5.89.